The lowest BCUT2D eigenvalue weighted by atomic mass is 10.0. The molecule has 3 aromatic rings. The van der Waals surface area contributed by atoms with Crippen molar-refractivity contribution in [2.45, 2.75) is 32.2 Å². The molecule has 3 heteroatoms. The monoisotopic (exact) mass is 398 g/mol. The van der Waals surface area contributed by atoms with Gasteiger partial charge in [-0.2, -0.15) is 0 Å². The van der Waals surface area contributed by atoms with Crippen LogP contribution < -0.4 is 5.32 Å². The third-order valence-electron chi connectivity index (χ3n) is 5.79. The van der Waals surface area contributed by atoms with E-state index < -0.39 is 0 Å². The first-order valence-corrected chi connectivity index (χ1v) is 11.0. The Bertz CT molecular complexity index is 927. The number of carbonyl (C=O) groups is 1. The first kappa shape index (κ1) is 20.4. The van der Waals surface area contributed by atoms with E-state index in [2.05, 4.69) is 58.7 Å². The van der Waals surface area contributed by atoms with E-state index in [9.17, 15) is 4.79 Å². The van der Waals surface area contributed by atoms with Gasteiger partial charge in [0.25, 0.3) is 5.91 Å². The van der Waals surface area contributed by atoms with Crippen molar-refractivity contribution in [3.05, 3.63) is 107 Å². The van der Waals surface area contributed by atoms with Crippen LogP contribution in [0, 0.1) is 0 Å². The number of hydrogen-bond donors (Lipinski definition) is 1. The second kappa shape index (κ2) is 10.2. The second-order valence-electron chi connectivity index (χ2n) is 8.16. The molecule has 1 saturated heterocycles. The minimum absolute atomic E-state index is 0.00749. The molecule has 4 rings (SSSR count). The largest absolute Gasteiger partial charge is 0.352 e. The SMILES string of the molecule is O=C(NCCc1ccc(CN2CCCC2)cc1)c1ccc(Cc2ccccc2)cc1. The minimum Gasteiger partial charge on any atom is -0.352 e. The average Bonchev–Trinajstić information content (AvgIpc) is 3.29. The summed E-state index contributed by atoms with van der Waals surface area (Å²) in [5, 5.41) is 3.04. The molecule has 1 N–H and O–H groups in total. The zero-order valence-corrected chi connectivity index (χ0v) is 17.5. The van der Waals surface area contributed by atoms with Gasteiger partial charge in [0.2, 0.25) is 0 Å². The molecule has 1 amide bonds. The summed E-state index contributed by atoms with van der Waals surface area (Å²) in [5.74, 6) is -0.00749. The third-order valence-corrected chi connectivity index (χ3v) is 5.79. The van der Waals surface area contributed by atoms with Gasteiger partial charge in [-0.15, -0.1) is 0 Å². The number of amides is 1. The summed E-state index contributed by atoms with van der Waals surface area (Å²) < 4.78 is 0. The molecule has 3 aromatic carbocycles. The van der Waals surface area contributed by atoms with Crippen LogP contribution in [-0.2, 0) is 19.4 Å². The minimum atomic E-state index is -0.00749. The molecule has 154 valence electrons. The van der Waals surface area contributed by atoms with Crippen LogP contribution in [0.4, 0.5) is 0 Å². The molecule has 0 aromatic heterocycles. The molecule has 0 bridgehead atoms. The van der Waals surface area contributed by atoms with Crippen molar-refractivity contribution in [2.75, 3.05) is 19.6 Å². The summed E-state index contributed by atoms with van der Waals surface area (Å²) in [5.41, 5.74) is 5.85. The van der Waals surface area contributed by atoms with Gasteiger partial charge < -0.3 is 5.32 Å². The molecule has 3 nitrogen and oxygen atoms in total. The fourth-order valence-electron chi connectivity index (χ4n) is 4.04. The molecule has 0 spiro atoms. The summed E-state index contributed by atoms with van der Waals surface area (Å²) in [4.78, 5) is 14.9. The Morgan fingerprint density at radius 1 is 0.733 bits per heavy atom. The van der Waals surface area contributed by atoms with Gasteiger partial charge in [-0.1, -0.05) is 66.7 Å². The van der Waals surface area contributed by atoms with E-state index in [0.29, 0.717) is 12.1 Å². The lowest BCUT2D eigenvalue weighted by Gasteiger charge is -2.14. The van der Waals surface area contributed by atoms with Gasteiger partial charge in [0, 0.05) is 18.7 Å². The van der Waals surface area contributed by atoms with Gasteiger partial charge in [-0.05, 0) is 73.2 Å². The van der Waals surface area contributed by atoms with E-state index in [1.807, 2.05) is 30.3 Å². The van der Waals surface area contributed by atoms with E-state index in [1.54, 1.807) is 0 Å². The van der Waals surface area contributed by atoms with Crippen LogP contribution in [0.1, 0.15) is 45.5 Å². The highest BCUT2D eigenvalue weighted by atomic mass is 16.1. The highest BCUT2D eigenvalue weighted by Gasteiger charge is 2.11. The Kier molecular flexibility index (Phi) is 6.94. The van der Waals surface area contributed by atoms with Crippen LogP contribution in [-0.4, -0.2) is 30.4 Å². The molecule has 1 aliphatic heterocycles. The molecule has 0 radical (unpaired) electrons. The molecule has 30 heavy (non-hydrogen) atoms. The van der Waals surface area contributed by atoms with Crippen LogP contribution in [0.15, 0.2) is 78.9 Å². The quantitative estimate of drug-likeness (QED) is 0.588. The van der Waals surface area contributed by atoms with Gasteiger partial charge in [0.15, 0.2) is 0 Å². The number of hydrogen-bond acceptors (Lipinski definition) is 2. The lowest BCUT2D eigenvalue weighted by Crippen LogP contribution is -2.25. The summed E-state index contributed by atoms with van der Waals surface area (Å²) in [7, 11) is 0. The Morgan fingerprint density at radius 2 is 1.33 bits per heavy atom. The maximum atomic E-state index is 12.4. The topological polar surface area (TPSA) is 32.3 Å². The standard InChI is InChI=1S/C27H30N2O/c30-27(26-14-12-24(13-15-26)20-23-6-2-1-3-7-23)28-17-16-22-8-10-25(11-9-22)21-29-18-4-5-19-29/h1-3,6-15H,4-5,16-21H2,(H,28,30). The van der Waals surface area contributed by atoms with E-state index in [1.165, 1.54) is 48.2 Å². The third kappa shape index (κ3) is 5.80. The predicted molar refractivity (Wildman–Crippen MR) is 123 cm³/mol. The van der Waals surface area contributed by atoms with Crippen molar-refractivity contribution in [3.63, 3.8) is 0 Å². The Hall–Kier alpha value is -2.91. The summed E-state index contributed by atoms with van der Waals surface area (Å²) in [6.07, 6.45) is 4.39. The predicted octanol–water partition coefficient (Wildman–Crippen LogP) is 4.85. The molecule has 0 unspecified atom stereocenters. The highest BCUT2D eigenvalue weighted by molar-refractivity contribution is 5.94. The van der Waals surface area contributed by atoms with Crippen molar-refractivity contribution in [1.29, 1.82) is 0 Å². The molecule has 1 fully saturated rings. The summed E-state index contributed by atoms with van der Waals surface area (Å²) >= 11 is 0. The van der Waals surface area contributed by atoms with E-state index >= 15 is 0 Å². The first-order chi connectivity index (χ1) is 14.8. The Labute approximate surface area is 179 Å². The second-order valence-corrected chi connectivity index (χ2v) is 8.16. The number of likely N-dealkylation sites (tertiary alicyclic amines) is 1. The zero-order chi connectivity index (χ0) is 20.6. The van der Waals surface area contributed by atoms with Crippen molar-refractivity contribution < 1.29 is 4.79 Å². The number of nitrogens with zero attached hydrogens (tertiary/aromatic N) is 1. The maximum Gasteiger partial charge on any atom is 0.251 e. The first-order valence-electron chi connectivity index (χ1n) is 11.0. The average molecular weight is 399 g/mol. The molecular formula is C27H30N2O. The van der Waals surface area contributed by atoms with Gasteiger partial charge in [0.1, 0.15) is 0 Å². The zero-order valence-electron chi connectivity index (χ0n) is 17.5. The Morgan fingerprint density at radius 3 is 2.03 bits per heavy atom. The number of benzene rings is 3. The van der Waals surface area contributed by atoms with Crippen molar-refractivity contribution in [2.24, 2.45) is 0 Å². The van der Waals surface area contributed by atoms with Crippen LogP contribution in [0.5, 0.6) is 0 Å². The highest BCUT2D eigenvalue weighted by Crippen LogP contribution is 2.14. The fourth-order valence-corrected chi connectivity index (χ4v) is 4.04. The number of nitrogens with one attached hydrogen (secondary N) is 1. The van der Waals surface area contributed by atoms with Gasteiger partial charge in [-0.3, -0.25) is 9.69 Å². The van der Waals surface area contributed by atoms with Crippen LogP contribution in [0.2, 0.25) is 0 Å². The lowest BCUT2D eigenvalue weighted by molar-refractivity contribution is 0.0954. The van der Waals surface area contributed by atoms with Gasteiger partial charge in [-0.25, -0.2) is 0 Å². The molecule has 1 heterocycles. The molecule has 0 atom stereocenters. The Balaban J connectivity index is 1.22. The van der Waals surface area contributed by atoms with E-state index in [0.717, 1.165) is 19.4 Å². The summed E-state index contributed by atoms with van der Waals surface area (Å²) in [6.45, 7) is 4.15. The van der Waals surface area contributed by atoms with Crippen LogP contribution in [0.3, 0.4) is 0 Å². The van der Waals surface area contributed by atoms with E-state index in [4.69, 9.17) is 0 Å². The van der Waals surface area contributed by atoms with Crippen molar-refractivity contribution in [3.8, 4) is 0 Å². The molecule has 0 saturated carbocycles. The number of carbonyl (C=O) groups excluding carboxylic acids is 1. The maximum absolute atomic E-state index is 12.4. The normalized spacial score (nSPS) is 14.0. The van der Waals surface area contributed by atoms with Crippen LogP contribution in [0.25, 0.3) is 0 Å². The van der Waals surface area contributed by atoms with Gasteiger partial charge >= 0.3 is 0 Å². The van der Waals surface area contributed by atoms with Crippen molar-refractivity contribution in [1.82, 2.24) is 10.2 Å². The van der Waals surface area contributed by atoms with E-state index in [-0.39, 0.29) is 5.91 Å². The summed E-state index contributed by atoms with van der Waals surface area (Å²) in [6, 6.07) is 27.1. The molecule has 0 aliphatic carbocycles. The van der Waals surface area contributed by atoms with Crippen molar-refractivity contribution >= 4 is 5.91 Å². The smallest absolute Gasteiger partial charge is 0.251 e. The van der Waals surface area contributed by atoms with Crippen LogP contribution >= 0.6 is 0 Å². The van der Waals surface area contributed by atoms with Gasteiger partial charge in [0.05, 0.1) is 0 Å². The fraction of sp³-hybridized carbons (Fsp3) is 0.296. The number of rotatable bonds is 8. The molecule has 1 aliphatic rings. The molecular weight excluding hydrogens is 368 g/mol.